The van der Waals surface area contributed by atoms with Crippen molar-refractivity contribution < 1.29 is 19.4 Å². The molecule has 2 heterocycles. The summed E-state index contributed by atoms with van der Waals surface area (Å²) >= 11 is 0. The minimum absolute atomic E-state index is 0.212. The van der Waals surface area contributed by atoms with Crippen LogP contribution in [0, 0.1) is 6.92 Å². The second kappa shape index (κ2) is 4.28. The number of fused-ring (bicyclic) bond motifs is 1. The maximum Gasteiger partial charge on any atom is 0.337 e. The fraction of sp³-hybridized carbons (Fsp3) is 0.143. The van der Waals surface area contributed by atoms with Crippen LogP contribution in [0.3, 0.4) is 0 Å². The minimum atomic E-state index is -0.970. The average molecular weight is 257 g/mol. The van der Waals surface area contributed by atoms with Crippen molar-refractivity contribution in [1.82, 2.24) is 4.98 Å². The van der Waals surface area contributed by atoms with Crippen LogP contribution in [-0.2, 0) is 0 Å². The van der Waals surface area contributed by atoms with Gasteiger partial charge in [-0.3, -0.25) is 4.98 Å². The molecule has 96 valence electrons. The molecule has 1 aliphatic heterocycles. The van der Waals surface area contributed by atoms with E-state index in [1.807, 2.05) is 18.2 Å². The number of ether oxygens (including phenoxy) is 2. The van der Waals surface area contributed by atoms with Crippen LogP contribution in [0.5, 0.6) is 11.5 Å². The summed E-state index contributed by atoms with van der Waals surface area (Å²) in [5, 5.41) is 8.98. The number of hydrogen-bond acceptors (Lipinski definition) is 4. The van der Waals surface area contributed by atoms with E-state index in [4.69, 9.17) is 14.6 Å². The molecule has 19 heavy (non-hydrogen) atoms. The number of carbonyl (C=O) groups is 1. The van der Waals surface area contributed by atoms with Crippen molar-refractivity contribution in [2.24, 2.45) is 0 Å². The van der Waals surface area contributed by atoms with Gasteiger partial charge in [0.15, 0.2) is 11.5 Å². The van der Waals surface area contributed by atoms with E-state index >= 15 is 0 Å². The first-order valence-electron chi connectivity index (χ1n) is 5.76. The summed E-state index contributed by atoms with van der Waals surface area (Å²) < 4.78 is 10.6. The molecule has 1 aromatic heterocycles. The zero-order valence-corrected chi connectivity index (χ0v) is 10.2. The predicted molar refractivity (Wildman–Crippen MR) is 67.5 cm³/mol. The third-order valence-corrected chi connectivity index (χ3v) is 2.98. The van der Waals surface area contributed by atoms with Gasteiger partial charge in [0.25, 0.3) is 0 Å². The van der Waals surface area contributed by atoms with Crippen molar-refractivity contribution in [2.45, 2.75) is 6.92 Å². The Labute approximate surface area is 109 Å². The Balaban J connectivity index is 2.03. The van der Waals surface area contributed by atoms with Crippen molar-refractivity contribution >= 4 is 5.97 Å². The standard InChI is InChI=1S/C14H11NO4/c1-8-10(14(16)17)3-4-11(15-8)9-2-5-12-13(6-9)19-7-18-12/h2-6H,7H2,1H3,(H,16,17). The Kier molecular flexibility index (Phi) is 2.59. The average Bonchev–Trinajstić information content (AvgIpc) is 2.85. The Morgan fingerprint density at radius 3 is 2.74 bits per heavy atom. The fourth-order valence-corrected chi connectivity index (χ4v) is 2.00. The molecular formula is C14H11NO4. The third kappa shape index (κ3) is 1.99. The molecule has 5 nitrogen and oxygen atoms in total. The van der Waals surface area contributed by atoms with Gasteiger partial charge in [-0.05, 0) is 37.3 Å². The van der Waals surface area contributed by atoms with Crippen LogP contribution in [0.2, 0.25) is 0 Å². The van der Waals surface area contributed by atoms with Crippen molar-refractivity contribution in [3.05, 3.63) is 41.6 Å². The van der Waals surface area contributed by atoms with Gasteiger partial charge in [0.1, 0.15) is 0 Å². The van der Waals surface area contributed by atoms with Gasteiger partial charge in [-0.15, -0.1) is 0 Å². The number of carboxylic acid groups (broad SMARTS) is 1. The maximum atomic E-state index is 10.9. The van der Waals surface area contributed by atoms with E-state index in [9.17, 15) is 4.79 Å². The molecule has 5 heteroatoms. The lowest BCUT2D eigenvalue weighted by molar-refractivity contribution is 0.0695. The first-order chi connectivity index (χ1) is 9.15. The van der Waals surface area contributed by atoms with Gasteiger partial charge in [-0.2, -0.15) is 0 Å². The van der Waals surface area contributed by atoms with E-state index in [0.29, 0.717) is 22.9 Å². The van der Waals surface area contributed by atoms with Crippen LogP contribution >= 0.6 is 0 Å². The number of aryl methyl sites for hydroxylation is 1. The molecule has 0 radical (unpaired) electrons. The van der Waals surface area contributed by atoms with Gasteiger partial charge in [-0.25, -0.2) is 4.79 Å². The first kappa shape index (κ1) is 11.5. The molecular weight excluding hydrogens is 246 g/mol. The van der Waals surface area contributed by atoms with Gasteiger partial charge >= 0.3 is 5.97 Å². The van der Waals surface area contributed by atoms with Crippen LogP contribution in [0.25, 0.3) is 11.3 Å². The highest BCUT2D eigenvalue weighted by Crippen LogP contribution is 2.35. The SMILES string of the molecule is Cc1nc(-c2ccc3c(c2)OCO3)ccc1C(=O)O. The molecule has 0 saturated carbocycles. The lowest BCUT2D eigenvalue weighted by atomic mass is 10.1. The first-order valence-corrected chi connectivity index (χ1v) is 5.76. The summed E-state index contributed by atoms with van der Waals surface area (Å²) in [5.41, 5.74) is 2.28. The Morgan fingerprint density at radius 1 is 1.21 bits per heavy atom. The van der Waals surface area contributed by atoms with E-state index in [0.717, 1.165) is 5.56 Å². The quantitative estimate of drug-likeness (QED) is 0.895. The van der Waals surface area contributed by atoms with Crippen molar-refractivity contribution in [2.75, 3.05) is 6.79 Å². The monoisotopic (exact) mass is 257 g/mol. The molecule has 3 rings (SSSR count). The number of aromatic carboxylic acids is 1. The number of rotatable bonds is 2. The molecule has 0 saturated heterocycles. The highest BCUT2D eigenvalue weighted by atomic mass is 16.7. The van der Waals surface area contributed by atoms with E-state index in [1.54, 1.807) is 19.1 Å². The number of pyridine rings is 1. The summed E-state index contributed by atoms with van der Waals surface area (Å²) in [6.07, 6.45) is 0. The van der Waals surface area contributed by atoms with Gasteiger partial charge in [0.05, 0.1) is 17.0 Å². The number of nitrogens with zero attached hydrogens (tertiary/aromatic N) is 1. The van der Waals surface area contributed by atoms with Gasteiger partial charge in [0, 0.05) is 5.56 Å². The molecule has 1 aromatic carbocycles. The Hall–Kier alpha value is -2.56. The van der Waals surface area contributed by atoms with Crippen LogP contribution < -0.4 is 9.47 Å². The number of carboxylic acids is 1. The lowest BCUT2D eigenvalue weighted by Gasteiger charge is -2.05. The van der Waals surface area contributed by atoms with Gasteiger partial charge < -0.3 is 14.6 Å². The number of aromatic nitrogens is 1. The lowest BCUT2D eigenvalue weighted by Crippen LogP contribution is -2.02. The molecule has 1 N–H and O–H groups in total. The Morgan fingerprint density at radius 2 is 2.00 bits per heavy atom. The summed E-state index contributed by atoms with van der Waals surface area (Å²) in [5.74, 6) is 0.420. The smallest absolute Gasteiger partial charge is 0.337 e. The predicted octanol–water partition coefficient (Wildman–Crippen LogP) is 2.48. The zero-order chi connectivity index (χ0) is 13.4. The van der Waals surface area contributed by atoms with E-state index in [1.165, 1.54) is 0 Å². The number of benzene rings is 1. The topological polar surface area (TPSA) is 68.7 Å². The molecule has 0 amide bonds. The minimum Gasteiger partial charge on any atom is -0.478 e. The normalized spacial score (nSPS) is 12.5. The number of hydrogen-bond donors (Lipinski definition) is 1. The van der Waals surface area contributed by atoms with E-state index in [2.05, 4.69) is 4.98 Å². The molecule has 0 aliphatic carbocycles. The van der Waals surface area contributed by atoms with Crippen molar-refractivity contribution in [3.8, 4) is 22.8 Å². The molecule has 0 fully saturated rings. The second-order valence-corrected chi connectivity index (χ2v) is 4.20. The van der Waals surface area contributed by atoms with E-state index < -0.39 is 5.97 Å². The van der Waals surface area contributed by atoms with Crippen molar-refractivity contribution in [1.29, 1.82) is 0 Å². The molecule has 0 spiro atoms. The maximum absolute atomic E-state index is 10.9. The highest BCUT2D eigenvalue weighted by Gasteiger charge is 2.15. The molecule has 0 atom stereocenters. The second-order valence-electron chi connectivity index (χ2n) is 4.20. The largest absolute Gasteiger partial charge is 0.478 e. The van der Waals surface area contributed by atoms with Crippen LogP contribution in [0.15, 0.2) is 30.3 Å². The molecule has 0 bridgehead atoms. The van der Waals surface area contributed by atoms with Crippen LogP contribution in [0.1, 0.15) is 16.1 Å². The summed E-state index contributed by atoms with van der Waals surface area (Å²) in [4.78, 5) is 15.3. The summed E-state index contributed by atoms with van der Waals surface area (Å²) in [6.45, 7) is 1.91. The van der Waals surface area contributed by atoms with Crippen molar-refractivity contribution in [3.63, 3.8) is 0 Å². The van der Waals surface area contributed by atoms with Gasteiger partial charge in [-0.1, -0.05) is 0 Å². The molecule has 1 aliphatic rings. The highest BCUT2D eigenvalue weighted by molar-refractivity contribution is 5.89. The molecule has 2 aromatic rings. The van der Waals surface area contributed by atoms with Gasteiger partial charge in [0.2, 0.25) is 6.79 Å². The van der Waals surface area contributed by atoms with Crippen LogP contribution in [-0.4, -0.2) is 22.9 Å². The van der Waals surface area contributed by atoms with Crippen LogP contribution in [0.4, 0.5) is 0 Å². The Bertz CT molecular complexity index is 666. The summed E-state index contributed by atoms with van der Waals surface area (Å²) in [7, 11) is 0. The fourth-order valence-electron chi connectivity index (χ4n) is 2.00. The van der Waals surface area contributed by atoms with E-state index in [-0.39, 0.29) is 12.4 Å². The molecule has 0 unspecified atom stereocenters. The zero-order valence-electron chi connectivity index (χ0n) is 10.2. The third-order valence-electron chi connectivity index (χ3n) is 2.98. The summed E-state index contributed by atoms with van der Waals surface area (Å²) in [6, 6.07) is 8.78.